The predicted octanol–water partition coefficient (Wildman–Crippen LogP) is 8.72. The monoisotopic (exact) mass is 360 g/mol. The fourth-order valence-electron chi connectivity index (χ4n) is 3.61. The van der Waals surface area contributed by atoms with Gasteiger partial charge in [0.15, 0.2) is 0 Å². The molecule has 26 heavy (non-hydrogen) atoms. The number of para-hydroxylation sites is 1. The zero-order valence-electron chi connectivity index (χ0n) is 17.7. The second kappa shape index (κ2) is 17.4. The summed E-state index contributed by atoms with van der Waals surface area (Å²) in [5.74, 6) is 1.04. The van der Waals surface area contributed by atoms with Gasteiger partial charge in [-0.15, -0.1) is 0 Å². The molecule has 1 atom stereocenters. The van der Waals surface area contributed by atoms with Gasteiger partial charge in [-0.1, -0.05) is 109 Å². The Morgan fingerprint density at radius 1 is 0.577 bits per heavy atom. The second-order valence-corrected chi connectivity index (χ2v) is 7.87. The van der Waals surface area contributed by atoms with Crippen molar-refractivity contribution in [2.24, 2.45) is 0 Å². The van der Waals surface area contributed by atoms with Crippen molar-refractivity contribution in [2.75, 3.05) is 0 Å². The van der Waals surface area contributed by atoms with Gasteiger partial charge in [0.2, 0.25) is 0 Å². The Hall–Kier alpha value is -0.980. The molecule has 0 aromatic heterocycles. The molecular formula is C25H44O. The first-order chi connectivity index (χ1) is 12.9. The summed E-state index contributed by atoms with van der Waals surface area (Å²) in [5.41, 5.74) is 0. The van der Waals surface area contributed by atoms with Crippen LogP contribution in [0.25, 0.3) is 0 Å². The highest BCUT2D eigenvalue weighted by atomic mass is 16.5. The van der Waals surface area contributed by atoms with E-state index in [1.54, 1.807) is 0 Å². The number of benzene rings is 1. The van der Waals surface area contributed by atoms with Crippen molar-refractivity contribution in [3.05, 3.63) is 30.3 Å². The van der Waals surface area contributed by atoms with E-state index in [0.29, 0.717) is 6.10 Å². The molecular weight excluding hydrogens is 316 g/mol. The van der Waals surface area contributed by atoms with Crippen LogP contribution in [-0.4, -0.2) is 6.10 Å². The molecule has 1 rings (SSSR count). The van der Waals surface area contributed by atoms with Crippen molar-refractivity contribution in [1.29, 1.82) is 0 Å². The van der Waals surface area contributed by atoms with E-state index < -0.39 is 0 Å². The normalized spacial score (nSPS) is 12.2. The summed E-state index contributed by atoms with van der Waals surface area (Å²) in [6.45, 7) is 4.57. The minimum absolute atomic E-state index is 0.406. The van der Waals surface area contributed by atoms with Crippen LogP contribution in [0, 0.1) is 0 Å². The van der Waals surface area contributed by atoms with Crippen LogP contribution in [0.2, 0.25) is 0 Å². The van der Waals surface area contributed by atoms with Gasteiger partial charge in [0, 0.05) is 0 Å². The van der Waals surface area contributed by atoms with Crippen LogP contribution < -0.4 is 4.74 Å². The average Bonchev–Trinajstić information content (AvgIpc) is 2.67. The minimum atomic E-state index is 0.406. The van der Waals surface area contributed by atoms with Gasteiger partial charge < -0.3 is 4.74 Å². The summed E-state index contributed by atoms with van der Waals surface area (Å²) in [5, 5.41) is 0. The Labute approximate surface area is 163 Å². The van der Waals surface area contributed by atoms with Crippen molar-refractivity contribution in [1.82, 2.24) is 0 Å². The highest BCUT2D eigenvalue weighted by molar-refractivity contribution is 5.21. The second-order valence-electron chi connectivity index (χ2n) is 7.87. The molecule has 0 bridgehead atoms. The Balaban J connectivity index is 2.17. The fraction of sp³-hybridized carbons (Fsp3) is 0.760. The summed E-state index contributed by atoms with van der Waals surface area (Å²) < 4.78 is 6.29. The van der Waals surface area contributed by atoms with Crippen LogP contribution in [0.1, 0.15) is 117 Å². The largest absolute Gasteiger partial charge is 0.490 e. The first kappa shape index (κ1) is 23.1. The van der Waals surface area contributed by atoms with E-state index in [2.05, 4.69) is 44.2 Å². The molecule has 0 saturated heterocycles. The summed E-state index contributed by atoms with van der Waals surface area (Å²) in [4.78, 5) is 0. The van der Waals surface area contributed by atoms with Gasteiger partial charge in [-0.3, -0.25) is 0 Å². The number of unbranched alkanes of at least 4 members (excludes halogenated alkanes) is 12. The third-order valence-electron chi connectivity index (χ3n) is 5.31. The maximum Gasteiger partial charge on any atom is 0.119 e. The molecule has 1 unspecified atom stereocenters. The molecule has 0 N–H and O–H groups in total. The topological polar surface area (TPSA) is 9.23 Å². The lowest BCUT2D eigenvalue weighted by Crippen LogP contribution is -2.16. The number of hydrogen-bond donors (Lipinski definition) is 0. The van der Waals surface area contributed by atoms with E-state index in [1.165, 1.54) is 103 Å². The lowest BCUT2D eigenvalue weighted by atomic mass is 10.0. The Kier molecular flexibility index (Phi) is 15.5. The smallest absolute Gasteiger partial charge is 0.119 e. The van der Waals surface area contributed by atoms with E-state index in [0.717, 1.165) is 5.75 Å². The molecule has 0 radical (unpaired) electrons. The summed E-state index contributed by atoms with van der Waals surface area (Å²) >= 11 is 0. The minimum Gasteiger partial charge on any atom is -0.490 e. The van der Waals surface area contributed by atoms with E-state index in [4.69, 9.17) is 4.74 Å². The summed E-state index contributed by atoms with van der Waals surface area (Å²) in [6, 6.07) is 10.4. The Morgan fingerprint density at radius 3 is 1.46 bits per heavy atom. The van der Waals surface area contributed by atoms with Crippen LogP contribution in [0.4, 0.5) is 0 Å². The van der Waals surface area contributed by atoms with E-state index >= 15 is 0 Å². The lowest BCUT2D eigenvalue weighted by molar-refractivity contribution is 0.172. The fourth-order valence-corrected chi connectivity index (χ4v) is 3.61. The standard InChI is InChI=1S/C25H44O/c1-3-5-7-9-10-11-12-14-17-21-24(20-16-13-8-6-4-2)26-25-22-18-15-19-23-25/h15,18-19,22-24H,3-14,16-17,20-21H2,1-2H3. The van der Waals surface area contributed by atoms with Crippen molar-refractivity contribution >= 4 is 0 Å². The maximum absolute atomic E-state index is 6.29. The van der Waals surface area contributed by atoms with Gasteiger partial charge in [0.25, 0.3) is 0 Å². The van der Waals surface area contributed by atoms with Crippen molar-refractivity contribution in [3.8, 4) is 5.75 Å². The third-order valence-corrected chi connectivity index (χ3v) is 5.31. The molecule has 0 aliphatic carbocycles. The van der Waals surface area contributed by atoms with Gasteiger partial charge in [-0.25, -0.2) is 0 Å². The highest BCUT2D eigenvalue weighted by Crippen LogP contribution is 2.20. The molecule has 1 heteroatoms. The van der Waals surface area contributed by atoms with Gasteiger partial charge in [0.1, 0.15) is 5.75 Å². The molecule has 0 saturated carbocycles. The average molecular weight is 361 g/mol. The molecule has 1 nitrogen and oxygen atoms in total. The molecule has 1 aromatic rings. The molecule has 0 heterocycles. The van der Waals surface area contributed by atoms with Crippen molar-refractivity contribution < 1.29 is 4.74 Å². The number of hydrogen-bond acceptors (Lipinski definition) is 1. The van der Waals surface area contributed by atoms with E-state index in [1.807, 2.05) is 0 Å². The van der Waals surface area contributed by atoms with Crippen LogP contribution >= 0.6 is 0 Å². The Morgan fingerprint density at radius 2 is 1.00 bits per heavy atom. The van der Waals surface area contributed by atoms with E-state index in [-0.39, 0.29) is 0 Å². The Bertz CT molecular complexity index is 386. The van der Waals surface area contributed by atoms with Crippen molar-refractivity contribution in [3.63, 3.8) is 0 Å². The zero-order valence-corrected chi connectivity index (χ0v) is 17.7. The van der Waals surface area contributed by atoms with E-state index in [9.17, 15) is 0 Å². The third kappa shape index (κ3) is 13.3. The molecule has 0 fully saturated rings. The van der Waals surface area contributed by atoms with Gasteiger partial charge in [-0.05, 0) is 37.8 Å². The van der Waals surface area contributed by atoms with Crippen LogP contribution in [0.3, 0.4) is 0 Å². The lowest BCUT2D eigenvalue weighted by Gasteiger charge is -2.19. The first-order valence-electron chi connectivity index (χ1n) is 11.6. The van der Waals surface area contributed by atoms with Crippen molar-refractivity contribution in [2.45, 2.75) is 123 Å². The molecule has 150 valence electrons. The van der Waals surface area contributed by atoms with Gasteiger partial charge >= 0.3 is 0 Å². The number of ether oxygens (including phenoxy) is 1. The molecule has 1 aromatic carbocycles. The molecule has 0 spiro atoms. The highest BCUT2D eigenvalue weighted by Gasteiger charge is 2.10. The molecule has 0 amide bonds. The summed E-state index contributed by atoms with van der Waals surface area (Å²) in [6.07, 6.45) is 22.2. The zero-order chi connectivity index (χ0) is 18.7. The van der Waals surface area contributed by atoms with Crippen LogP contribution in [-0.2, 0) is 0 Å². The van der Waals surface area contributed by atoms with Gasteiger partial charge in [0.05, 0.1) is 6.10 Å². The molecule has 0 aliphatic heterocycles. The van der Waals surface area contributed by atoms with Crippen LogP contribution in [0.15, 0.2) is 30.3 Å². The SMILES string of the molecule is CCCCCCCCCCCC(CCCCCCC)Oc1ccccc1. The number of rotatable bonds is 18. The summed E-state index contributed by atoms with van der Waals surface area (Å²) in [7, 11) is 0. The predicted molar refractivity (Wildman–Crippen MR) is 116 cm³/mol. The van der Waals surface area contributed by atoms with Crippen LogP contribution in [0.5, 0.6) is 5.75 Å². The quantitative estimate of drug-likeness (QED) is 0.238. The first-order valence-corrected chi connectivity index (χ1v) is 11.6. The van der Waals surface area contributed by atoms with Gasteiger partial charge in [-0.2, -0.15) is 0 Å². The molecule has 0 aliphatic rings. The maximum atomic E-state index is 6.29.